The summed E-state index contributed by atoms with van der Waals surface area (Å²) in [5.41, 5.74) is -6.22. The van der Waals surface area contributed by atoms with Crippen molar-refractivity contribution >= 4 is 16.2 Å². The van der Waals surface area contributed by atoms with Gasteiger partial charge in [0.2, 0.25) is 0 Å². The molecule has 0 saturated carbocycles. The second-order valence-electron chi connectivity index (χ2n) is 5.65. The highest BCUT2D eigenvalue weighted by Gasteiger charge is 2.48. The minimum atomic E-state index is -5.65. The molecule has 0 aromatic heterocycles. The van der Waals surface area contributed by atoms with Crippen molar-refractivity contribution in [2.75, 3.05) is 13.2 Å². The van der Waals surface area contributed by atoms with Gasteiger partial charge in [-0.05, 0) is 33.6 Å². The van der Waals surface area contributed by atoms with Crippen molar-refractivity contribution in [1.29, 1.82) is 0 Å². The van der Waals surface area contributed by atoms with Crippen LogP contribution in [0.15, 0.2) is 0 Å². The molecule has 10 heteroatoms. The summed E-state index contributed by atoms with van der Waals surface area (Å²) in [7, 11) is -5.65. The summed E-state index contributed by atoms with van der Waals surface area (Å²) >= 11 is 0. The van der Waals surface area contributed by atoms with Crippen LogP contribution in [-0.2, 0) is 19.0 Å². The Hall–Kier alpha value is -1.03. The molecule has 0 bridgehead atoms. The molecular weight excluding hydrogens is 315 g/mol. The van der Waals surface area contributed by atoms with Gasteiger partial charge in [0.15, 0.2) is 0 Å². The van der Waals surface area contributed by atoms with E-state index in [2.05, 4.69) is 4.18 Å². The molecule has 1 amide bonds. The Balaban J connectivity index is 2.65. The van der Waals surface area contributed by atoms with Crippen LogP contribution in [0.25, 0.3) is 0 Å². The molecule has 0 aliphatic carbocycles. The average Bonchev–Trinajstić information content (AvgIpc) is 2.70. The zero-order valence-corrected chi connectivity index (χ0v) is 12.8. The lowest BCUT2D eigenvalue weighted by Gasteiger charge is -2.28. The predicted octanol–water partition coefficient (Wildman–Crippen LogP) is 2.25. The van der Waals surface area contributed by atoms with Crippen LogP contribution in [0.3, 0.4) is 0 Å². The van der Waals surface area contributed by atoms with E-state index < -0.39 is 40.0 Å². The molecular formula is C11H18F3NO5S. The molecule has 1 saturated heterocycles. The Morgan fingerprint density at radius 3 is 2.33 bits per heavy atom. The second-order valence-corrected chi connectivity index (χ2v) is 7.26. The van der Waals surface area contributed by atoms with Crippen molar-refractivity contribution in [3.05, 3.63) is 0 Å². The maximum Gasteiger partial charge on any atom is 0.523 e. The molecule has 1 fully saturated rings. The van der Waals surface area contributed by atoms with Crippen LogP contribution < -0.4 is 0 Å². The van der Waals surface area contributed by atoms with Crippen LogP contribution in [0.4, 0.5) is 18.0 Å². The summed E-state index contributed by atoms with van der Waals surface area (Å²) < 4.78 is 67.3. The van der Waals surface area contributed by atoms with Gasteiger partial charge < -0.3 is 9.64 Å². The lowest BCUT2D eigenvalue weighted by molar-refractivity contribution is -0.0553. The summed E-state index contributed by atoms with van der Waals surface area (Å²) in [6.45, 7) is 4.51. The monoisotopic (exact) mass is 333 g/mol. The quantitative estimate of drug-likeness (QED) is 0.585. The van der Waals surface area contributed by atoms with Crippen LogP contribution in [0.5, 0.6) is 0 Å². The van der Waals surface area contributed by atoms with Crippen LogP contribution >= 0.6 is 0 Å². The van der Waals surface area contributed by atoms with E-state index in [1.54, 1.807) is 20.8 Å². The van der Waals surface area contributed by atoms with E-state index in [4.69, 9.17) is 4.74 Å². The van der Waals surface area contributed by atoms with E-state index in [-0.39, 0.29) is 6.54 Å². The molecule has 0 radical (unpaired) electrons. The van der Waals surface area contributed by atoms with Crippen molar-refractivity contribution in [2.45, 2.75) is 50.8 Å². The third-order valence-electron chi connectivity index (χ3n) is 2.70. The van der Waals surface area contributed by atoms with Gasteiger partial charge in [0.05, 0.1) is 12.6 Å². The zero-order chi connectivity index (χ0) is 16.5. The number of amides is 1. The maximum absolute atomic E-state index is 12.2. The number of carbonyl (C=O) groups is 1. The fraction of sp³-hybridized carbons (Fsp3) is 0.909. The van der Waals surface area contributed by atoms with Gasteiger partial charge in [-0.25, -0.2) is 4.79 Å². The SMILES string of the molecule is CC(C)(C)OC(=O)N1CCC[C@@H]1COS(=O)(=O)C(F)(F)F. The van der Waals surface area contributed by atoms with Gasteiger partial charge >= 0.3 is 21.7 Å². The van der Waals surface area contributed by atoms with Gasteiger partial charge in [-0.1, -0.05) is 0 Å². The molecule has 0 aromatic rings. The number of halogens is 3. The number of likely N-dealkylation sites (tertiary alicyclic amines) is 1. The minimum absolute atomic E-state index is 0.287. The fourth-order valence-electron chi connectivity index (χ4n) is 1.80. The lowest BCUT2D eigenvalue weighted by atomic mass is 10.2. The second kappa shape index (κ2) is 5.99. The maximum atomic E-state index is 12.2. The summed E-state index contributed by atoms with van der Waals surface area (Å²) in [6.07, 6.45) is 0.199. The van der Waals surface area contributed by atoms with Gasteiger partial charge in [0.1, 0.15) is 5.60 Å². The van der Waals surface area contributed by atoms with E-state index >= 15 is 0 Å². The fourth-order valence-corrected chi connectivity index (χ4v) is 2.27. The largest absolute Gasteiger partial charge is 0.523 e. The van der Waals surface area contributed by atoms with Crippen LogP contribution in [-0.4, -0.2) is 49.7 Å². The molecule has 0 N–H and O–H groups in total. The van der Waals surface area contributed by atoms with Gasteiger partial charge in [-0.2, -0.15) is 21.6 Å². The third kappa shape index (κ3) is 5.03. The Labute approximate surface area is 121 Å². The van der Waals surface area contributed by atoms with Crippen LogP contribution in [0, 0.1) is 0 Å². The standard InChI is InChI=1S/C11H18F3NO5S/c1-10(2,3)20-9(16)15-6-4-5-8(15)7-19-21(17,18)11(12,13)14/h8H,4-7H2,1-3H3/t8-/m1/s1. The molecule has 0 aromatic carbocycles. The molecule has 1 atom stereocenters. The molecule has 1 rings (SSSR count). The lowest BCUT2D eigenvalue weighted by Crippen LogP contribution is -2.42. The first-order chi connectivity index (χ1) is 9.33. The summed E-state index contributed by atoms with van der Waals surface area (Å²) in [5, 5.41) is 0. The first-order valence-corrected chi connectivity index (χ1v) is 7.69. The van der Waals surface area contributed by atoms with Crippen LogP contribution in [0.1, 0.15) is 33.6 Å². The molecule has 21 heavy (non-hydrogen) atoms. The number of nitrogens with zero attached hydrogens (tertiary/aromatic N) is 1. The minimum Gasteiger partial charge on any atom is -0.444 e. The summed E-state index contributed by atoms with van der Waals surface area (Å²) in [6, 6.07) is -0.753. The Bertz CT molecular complexity index is 483. The van der Waals surface area contributed by atoms with Crippen molar-refractivity contribution in [3.8, 4) is 0 Å². The Morgan fingerprint density at radius 1 is 1.29 bits per heavy atom. The summed E-state index contributed by atoms with van der Waals surface area (Å²) in [4.78, 5) is 13.1. The van der Waals surface area contributed by atoms with E-state index in [1.165, 1.54) is 4.90 Å². The van der Waals surface area contributed by atoms with Gasteiger partial charge in [0, 0.05) is 6.54 Å². The molecule has 1 heterocycles. The number of alkyl halides is 3. The molecule has 124 valence electrons. The zero-order valence-electron chi connectivity index (χ0n) is 11.9. The highest BCUT2D eigenvalue weighted by atomic mass is 32.2. The molecule has 6 nitrogen and oxygen atoms in total. The van der Waals surface area contributed by atoms with Gasteiger partial charge in [-0.3, -0.25) is 4.18 Å². The normalized spacial score (nSPS) is 20.7. The number of carbonyl (C=O) groups excluding carboxylic acids is 1. The van der Waals surface area contributed by atoms with Crippen molar-refractivity contribution in [1.82, 2.24) is 4.90 Å². The van der Waals surface area contributed by atoms with E-state index in [0.717, 1.165) is 0 Å². The smallest absolute Gasteiger partial charge is 0.444 e. The predicted molar refractivity (Wildman–Crippen MR) is 66.9 cm³/mol. The molecule has 0 unspecified atom stereocenters. The highest BCUT2D eigenvalue weighted by Crippen LogP contribution is 2.27. The van der Waals surface area contributed by atoms with E-state index in [1.807, 2.05) is 0 Å². The van der Waals surface area contributed by atoms with Crippen molar-refractivity contribution in [2.24, 2.45) is 0 Å². The van der Waals surface area contributed by atoms with Gasteiger partial charge in [0.25, 0.3) is 0 Å². The topological polar surface area (TPSA) is 72.9 Å². The Kier molecular flexibility index (Phi) is 5.14. The Morgan fingerprint density at radius 2 is 1.86 bits per heavy atom. The number of hydrogen-bond donors (Lipinski definition) is 0. The van der Waals surface area contributed by atoms with Crippen molar-refractivity contribution in [3.63, 3.8) is 0 Å². The summed E-state index contributed by atoms with van der Waals surface area (Å²) in [5.74, 6) is 0. The van der Waals surface area contributed by atoms with Crippen LogP contribution in [0.2, 0.25) is 0 Å². The first kappa shape index (κ1) is 18.0. The highest BCUT2D eigenvalue weighted by molar-refractivity contribution is 7.87. The average molecular weight is 333 g/mol. The molecule has 0 spiro atoms. The third-order valence-corrected chi connectivity index (χ3v) is 3.72. The number of ether oxygens (including phenoxy) is 1. The van der Waals surface area contributed by atoms with E-state index in [9.17, 15) is 26.4 Å². The van der Waals surface area contributed by atoms with E-state index in [0.29, 0.717) is 12.8 Å². The van der Waals surface area contributed by atoms with Crippen molar-refractivity contribution < 1.29 is 35.3 Å². The molecule has 1 aliphatic rings. The first-order valence-electron chi connectivity index (χ1n) is 6.29. The number of rotatable bonds is 3. The molecule has 1 aliphatic heterocycles. The van der Waals surface area contributed by atoms with Gasteiger partial charge in [-0.15, -0.1) is 0 Å². The number of hydrogen-bond acceptors (Lipinski definition) is 5.